The Morgan fingerprint density at radius 3 is 2.56 bits per heavy atom. The van der Waals surface area contributed by atoms with Crippen LogP contribution in [0.3, 0.4) is 0 Å². The molecule has 0 radical (unpaired) electrons. The predicted octanol–water partition coefficient (Wildman–Crippen LogP) is 2.14. The van der Waals surface area contributed by atoms with Crippen LogP contribution in [0.2, 0.25) is 0 Å². The topological polar surface area (TPSA) is 43.4 Å². The molecule has 2 rings (SSSR count). The van der Waals surface area contributed by atoms with E-state index < -0.39 is 9.84 Å². The van der Waals surface area contributed by atoms with Gasteiger partial charge in [0, 0.05) is 0 Å². The van der Waals surface area contributed by atoms with Crippen LogP contribution in [0.4, 0.5) is 0 Å². The third-order valence-corrected chi connectivity index (χ3v) is 6.54. The van der Waals surface area contributed by atoms with Crippen LogP contribution in [-0.2, 0) is 14.6 Å². The second-order valence-corrected chi connectivity index (χ2v) is 8.49. The first kappa shape index (κ1) is 12.8. The Bertz CT molecular complexity index is 341. The minimum Gasteiger partial charge on any atom is -0.373 e. The van der Waals surface area contributed by atoms with Crippen molar-refractivity contribution in [3.05, 3.63) is 0 Å². The maximum atomic E-state index is 11.4. The van der Waals surface area contributed by atoms with Crippen molar-refractivity contribution in [1.82, 2.24) is 0 Å². The van der Waals surface area contributed by atoms with Crippen molar-refractivity contribution in [1.29, 1.82) is 0 Å². The van der Waals surface area contributed by atoms with Crippen LogP contribution in [0, 0.1) is 5.92 Å². The van der Waals surface area contributed by atoms with E-state index in [1.807, 2.05) is 0 Å². The Hall–Kier alpha value is 0.390. The molecular weight excluding hydrogens is 292 g/mol. The maximum Gasteiger partial charge on any atom is 0.154 e. The smallest absolute Gasteiger partial charge is 0.154 e. The molecule has 4 atom stereocenters. The predicted molar refractivity (Wildman–Crippen MR) is 67.7 cm³/mol. The Morgan fingerprint density at radius 1 is 1.25 bits per heavy atom. The zero-order chi connectivity index (χ0) is 11.8. The highest BCUT2D eigenvalue weighted by Gasteiger charge is 2.38. The average molecular weight is 311 g/mol. The molecule has 2 fully saturated rings. The molecule has 5 heteroatoms. The summed E-state index contributed by atoms with van der Waals surface area (Å²) in [4.78, 5) is -0.0188. The van der Waals surface area contributed by atoms with Crippen LogP contribution < -0.4 is 0 Å². The first-order chi connectivity index (χ1) is 7.46. The molecule has 1 aliphatic carbocycles. The molecule has 0 aromatic rings. The summed E-state index contributed by atoms with van der Waals surface area (Å²) in [6.45, 7) is 2.24. The largest absolute Gasteiger partial charge is 0.373 e. The Labute approximate surface area is 106 Å². The summed E-state index contributed by atoms with van der Waals surface area (Å²) < 4.78 is 28.8. The van der Waals surface area contributed by atoms with Crippen LogP contribution in [0.15, 0.2) is 0 Å². The van der Waals surface area contributed by atoms with Crippen molar-refractivity contribution >= 4 is 25.8 Å². The monoisotopic (exact) mass is 310 g/mol. The molecule has 1 heterocycles. The SMILES string of the molecule is CC1CCCC(OC2CS(=O)(=O)CC2Br)C1. The zero-order valence-corrected chi connectivity index (χ0v) is 12.0. The molecule has 3 nitrogen and oxygen atoms in total. The summed E-state index contributed by atoms with van der Waals surface area (Å²) in [6.07, 6.45) is 4.78. The van der Waals surface area contributed by atoms with E-state index in [-0.39, 0.29) is 28.5 Å². The Balaban J connectivity index is 1.90. The molecule has 94 valence electrons. The molecule has 16 heavy (non-hydrogen) atoms. The molecule has 0 spiro atoms. The lowest BCUT2D eigenvalue weighted by Crippen LogP contribution is -2.31. The van der Waals surface area contributed by atoms with Gasteiger partial charge in [-0.05, 0) is 18.8 Å². The molecule has 0 amide bonds. The standard InChI is InChI=1S/C11H19BrO3S/c1-8-3-2-4-9(5-8)15-11-7-16(13,14)6-10(11)12/h8-11H,2-7H2,1H3. The third kappa shape index (κ3) is 3.20. The fourth-order valence-corrected chi connectivity index (χ4v) is 6.06. The van der Waals surface area contributed by atoms with Gasteiger partial charge < -0.3 is 4.74 Å². The minimum absolute atomic E-state index is 0.0188. The van der Waals surface area contributed by atoms with E-state index in [0.29, 0.717) is 5.92 Å². The molecule has 0 aromatic heterocycles. The van der Waals surface area contributed by atoms with Gasteiger partial charge in [-0.25, -0.2) is 8.42 Å². The highest BCUT2D eigenvalue weighted by atomic mass is 79.9. The zero-order valence-electron chi connectivity index (χ0n) is 9.56. The van der Waals surface area contributed by atoms with Gasteiger partial charge in [-0.3, -0.25) is 0 Å². The number of sulfone groups is 1. The lowest BCUT2D eigenvalue weighted by molar-refractivity contribution is -0.0237. The van der Waals surface area contributed by atoms with Gasteiger partial charge in [0.05, 0.1) is 28.5 Å². The summed E-state index contributed by atoms with van der Waals surface area (Å²) in [6, 6.07) is 0. The number of hydrogen-bond donors (Lipinski definition) is 0. The fraction of sp³-hybridized carbons (Fsp3) is 1.00. The molecule has 0 N–H and O–H groups in total. The summed E-state index contributed by atoms with van der Waals surface area (Å²) in [7, 11) is -2.88. The van der Waals surface area contributed by atoms with Crippen molar-refractivity contribution in [2.24, 2.45) is 5.92 Å². The third-order valence-electron chi connectivity index (χ3n) is 3.49. The lowest BCUT2D eigenvalue weighted by atomic mass is 9.88. The van der Waals surface area contributed by atoms with Crippen LogP contribution in [0.5, 0.6) is 0 Å². The molecule has 4 unspecified atom stereocenters. The number of halogens is 1. The van der Waals surface area contributed by atoms with Crippen LogP contribution in [0.1, 0.15) is 32.6 Å². The second-order valence-electron chi connectivity index (χ2n) is 5.16. The molecule has 1 saturated carbocycles. The van der Waals surface area contributed by atoms with Gasteiger partial charge in [-0.1, -0.05) is 35.7 Å². The van der Waals surface area contributed by atoms with Crippen LogP contribution >= 0.6 is 15.9 Å². The highest BCUT2D eigenvalue weighted by molar-refractivity contribution is 9.09. The Kier molecular flexibility index (Phi) is 3.97. The van der Waals surface area contributed by atoms with Crippen molar-refractivity contribution in [3.63, 3.8) is 0 Å². The van der Waals surface area contributed by atoms with E-state index >= 15 is 0 Å². The molecular formula is C11H19BrO3S. The summed E-state index contributed by atoms with van der Waals surface area (Å²) >= 11 is 3.42. The molecule has 0 aromatic carbocycles. The van der Waals surface area contributed by atoms with E-state index in [2.05, 4.69) is 22.9 Å². The lowest BCUT2D eigenvalue weighted by Gasteiger charge is -2.29. The fourth-order valence-electron chi connectivity index (χ4n) is 2.65. The molecule has 2 aliphatic rings. The van der Waals surface area contributed by atoms with E-state index in [1.54, 1.807) is 0 Å². The second kappa shape index (κ2) is 4.94. The summed E-state index contributed by atoms with van der Waals surface area (Å²) in [5.41, 5.74) is 0. The quantitative estimate of drug-likeness (QED) is 0.734. The van der Waals surface area contributed by atoms with E-state index in [0.717, 1.165) is 12.8 Å². The molecule has 1 saturated heterocycles. The number of alkyl halides is 1. The highest BCUT2D eigenvalue weighted by Crippen LogP contribution is 2.30. The van der Waals surface area contributed by atoms with Gasteiger partial charge in [-0.15, -0.1) is 0 Å². The maximum absolute atomic E-state index is 11.4. The van der Waals surface area contributed by atoms with E-state index in [1.165, 1.54) is 12.8 Å². The van der Waals surface area contributed by atoms with Crippen LogP contribution in [-0.4, -0.2) is 37.0 Å². The number of hydrogen-bond acceptors (Lipinski definition) is 3. The minimum atomic E-state index is -2.88. The van der Waals surface area contributed by atoms with Gasteiger partial charge in [-0.2, -0.15) is 0 Å². The normalized spacial score (nSPS) is 43.4. The van der Waals surface area contributed by atoms with Crippen molar-refractivity contribution in [2.45, 2.75) is 49.6 Å². The molecule has 1 aliphatic heterocycles. The summed E-state index contributed by atoms with van der Waals surface area (Å²) in [5, 5.41) is 0. The van der Waals surface area contributed by atoms with Gasteiger partial charge in [0.2, 0.25) is 0 Å². The van der Waals surface area contributed by atoms with Crippen LogP contribution in [0.25, 0.3) is 0 Å². The van der Waals surface area contributed by atoms with Crippen molar-refractivity contribution in [3.8, 4) is 0 Å². The van der Waals surface area contributed by atoms with Gasteiger partial charge in [0.25, 0.3) is 0 Å². The van der Waals surface area contributed by atoms with Crippen molar-refractivity contribution < 1.29 is 13.2 Å². The average Bonchev–Trinajstić information content (AvgIpc) is 2.39. The van der Waals surface area contributed by atoms with Crippen molar-refractivity contribution in [2.75, 3.05) is 11.5 Å². The first-order valence-electron chi connectivity index (χ1n) is 5.96. The molecule has 0 bridgehead atoms. The van der Waals surface area contributed by atoms with Gasteiger partial charge >= 0.3 is 0 Å². The number of rotatable bonds is 2. The number of ether oxygens (including phenoxy) is 1. The summed E-state index contributed by atoms with van der Waals surface area (Å²) in [5.74, 6) is 1.12. The van der Waals surface area contributed by atoms with E-state index in [9.17, 15) is 8.42 Å². The first-order valence-corrected chi connectivity index (χ1v) is 8.70. The van der Waals surface area contributed by atoms with Gasteiger partial charge in [0.1, 0.15) is 0 Å². The van der Waals surface area contributed by atoms with E-state index in [4.69, 9.17) is 4.74 Å². The van der Waals surface area contributed by atoms with Gasteiger partial charge in [0.15, 0.2) is 9.84 Å². The Morgan fingerprint density at radius 2 is 2.00 bits per heavy atom.